The number of rotatable bonds is 3. The minimum Gasteiger partial charge on any atom is -0.396 e. The van der Waals surface area contributed by atoms with E-state index in [1.54, 1.807) is 0 Å². The fourth-order valence-corrected chi connectivity index (χ4v) is 3.08. The summed E-state index contributed by atoms with van der Waals surface area (Å²) in [6.07, 6.45) is 0.896. The third-order valence-corrected chi connectivity index (χ3v) is 4.22. The minimum absolute atomic E-state index is 0.306. The largest absolute Gasteiger partial charge is 0.396 e. The second kappa shape index (κ2) is 5.89. The van der Waals surface area contributed by atoms with Crippen LogP contribution in [0.15, 0.2) is 4.99 Å². The first-order valence-electron chi connectivity index (χ1n) is 6.09. The van der Waals surface area contributed by atoms with Crippen LogP contribution in [0, 0.1) is 0 Å². The molecule has 1 saturated heterocycles. The van der Waals surface area contributed by atoms with Crippen molar-refractivity contribution in [2.24, 2.45) is 4.99 Å². The maximum absolute atomic E-state index is 8.79. The molecule has 0 saturated carbocycles. The van der Waals surface area contributed by atoms with Gasteiger partial charge in [-0.05, 0) is 6.42 Å². The molecule has 0 aliphatic carbocycles. The highest BCUT2D eigenvalue weighted by Gasteiger charge is 2.24. The fourth-order valence-electron chi connectivity index (χ4n) is 2.09. The number of piperazine rings is 1. The van der Waals surface area contributed by atoms with Crippen LogP contribution >= 0.6 is 11.8 Å². The van der Waals surface area contributed by atoms with Gasteiger partial charge in [-0.3, -0.25) is 9.89 Å². The van der Waals surface area contributed by atoms with Gasteiger partial charge in [0.15, 0.2) is 5.17 Å². The van der Waals surface area contributed by atoms with Gasteiger partial charge in [0.25, 0.3) is 0 Å². The zero-order valence-corrected chi connectivity index (χ0v) is 10.7. The number of aliphatic hydroxyl groups excluding tert-OH is 1. The Hall–Kier alpha value is -0.260. The molecule has 1 N–H and O–H groups in total. The molecule has 0 radical (unpaired) electrons. The molecule has 0 aromatic carbocycles. The maximum Gasteiger partial charge on any atom is 0.159 e. The van der Waals surface area contributed by atoms with E-state index in [1.807, 2.05) is 11.8 Å². The fraction of sp³-hybridized carbons (Fsp3) is 0.909. The van der Waals surface area contributed by atoms with Crippen molar-refractivity contribution in [3.8, 4) is 0 Å². The van der Waals surface area contributed by atoms with Gasteiger partial charge >= 0.3 is 0 Å². The van der Waals surface area contributed by atoms with Gasteiger partial charge in [0, 0.05) is 44.6 Å². The van der Waals surface area contributed by atoms with Gasteiger partial charge < -0.3 is 10.0 Å². The van der Waals surface area contributed by atoms with Gasteiger partial charge in [0.1, 0.15) is 0 Å². The summed E-state index contributed by atoms with van der Waals surface area (Å²) in [5.41, 5.74) is 0. The quantitative estimate of drug-likeness (QED) is 0.782. The topological polar surface area (TPSA) is 39.1 Å². The van der Waals surface area contributed by atoms with Crippen molar-refractivity contribution in [2.45, 2.75) is 18.6 Å². The third kappa shape index (κ3) is 3.12. The van der Waals surface area contributed by atoms with Gasteiger partial charge in [-0.1, -0.05) is 18.7 Å². The smallest absolute Gasteiger partial charge is 0.159 e. The van der Waals surface area contributed by atoms with Crippen LogP contribution in [-0.4, -0.2) is 71.2 Å². The Morgan fingerprint density at radius 3 is 2.69 bits per heavy atom. The van der Waals surface area contributed by atoms with Crippen molar-refractivity contribution in [1.82, 2.24) is 9.80 Å². The first-order valence-corrected chi connectivity index (χ1v) is 6.97. The van der Waals surface area contributed by atoms with E-state index in [1.165, 1.54) is 5.17 Å². The summed E-state index contributed by atoms with van der Waals surface area (Å²) in [7, 11) is 0. The Labute approximate surface area is 102 Å². The number of hydrogen-bond acceptors (Lipinski definition) is 5. The second-order valence-electron chi connectivity index (χ2n) is 4.46. The van der Waals surface area contributed by atoms with Crippen LogP contribution in [0.5, 0.6) is 0 Å². The molecule has 2 heterocycles. The molecule has 0 bridgehead atoms. The van der Waals surface area contributed by atoms with Gasteiger partial charge in [-0.15, -0.1) is 0 Å². The van der Waals surface area contributed by atoms with Crippen molar-refractivity contribution in [3.63, 3.8) is 0 Å². The Balaban J connectivity index is 1.73. The lowest BCUT2D eigenvalue weighted by molar-refractivity contribution is 0.167. The van der Waals surface area contributed by atoms with Crippen LogP contribution < -0.4 is 0 Å². The summed E-state index contributed by atoms with van der Waals surface area (Å²) in [5.74, 6) is 0. The van der Waals surface area contributed by atoms with Crippen LogP contribution in [-0.2, 0) is 0 Å². The van der Waals surface area contributed by atoms with Crippen molar-refractivity contribution in [2.75, 3.05) is 45.9 Å². The van der Waals surface area contributed by atoms with Crippen LogP contribution in [0.1, 0.15) is 13.3 Å². The third-order valence-electron chi connectivity index (χ3n) is 3.07. The SMILES string of the molecule is CC1CN=C(N2CCN(CCCO)CC2)S1. The van der Waals surface area contributed by atoms with Gasteiger partial charge in [-0.2, -0.15) is 0 Å². The number of amidine groups is 1. The number of aliphatic imine (C=N–C) groups is 1. The average molecular weight is 243 g/mol. The van der Waals surface area contributed by atoms with E-state index >= 15 is 0 Å². The predicted molar refractivity (Wildman–Crippen MR) is 69.1 cm³/mol. The molecule has 2 rings (SSSR count). The summed E-state index contributed by atoms with van der Waals surface area (Å²) in [6.45, 7) is 8.93. The van der Waals surface area contributed by atoms with Crippen molar-refractivity contribution in [3.05, 3.63) is 0 Å². The molecule has 2 aliphatic rings. The van der Waals surface area contributed by atoms with E-state index in [0.29, 0.717) is 11.9 Å². The number of hydrogen-bond donors (Lipinski definition) is 1. The molecule has 0 aromatic rings. The highest BCUT2D eigenvalue weighted by atomic mass is 32.2. The van der Waals surface area contributed by atoms with E-state index in [4.69, 9.17) is 5.11 Å². The summed E-state index contributed by atoms with van der Waals surface area (Å²) >= 11 is 1.91. The summed E-state index contributed by atoms with van der Waals surface area (Å²) in [4.78, 5) is 9.41. The second-order valence-corrected chi connectivity index (χ2v) is 5.86. The Bertz CT molecular complexity index is 252. The molecule has 92 valence electrons. The Kier molecular flexibility index (Phi) is 4.49. The van der Waals surface area contributed by atoms with E-state index in [9.17, 15) is 0 Å². The number of thioether (sulfide) groups is 1. The summed E-state index contributed by atoms with van der Waals surface area (Å²) < 4.78 is 0. The van der Waals surface area contributed by atoms with E-state index in [-0.39, 0.29) is 0 Å². The highest BCUT2D eigenvalue weighted by Crippen LogP contribution is 2.23. The average Bonchev–Trinajstić information content (AvgIpc) is 2.74. The Morgan fingerprint density at radius 1 is 1.38 bits per heavy atom. The summed E-state index contributed by atoms with van der Waals surface area (Å²) in [6, 6.07) is 0. The standard InChI is InChI=1S/C11H21N3OS/c1-10-9-12-11(16-10)14-6-4-13(5-7-14)3-2-8-15/h10,15H,2-9H2,1H3. The molecule has 1 unspecified atom stereocenters. The lowest BCUT2D eigenvalue weighted by Crippen LogP contribution is -2.48. The molecule has 4 nitrogen and oxygen atoms in total. The monoisotopic (exact) mass is 243 g/mol. The lowest BCUT2D eigenvalue weighted by atomic mass is 10.3. The maximum atomic E-state index is 8.79. The number of aliphatic hydroxyl groups is 1. The zero-order chi connectivity index (χ0) is 11.4. The highest BCUT2D eigenvalue weighted by molar-refractivity contribution is 8.14. The van der Waals surface area contributed by atoms with Crippen LogP contribution in [0.25, 0.3) is 0 Å². The molecular weight excluding hydrogens is 222 g/mol. The number of nitrogens with zero attached hydrogens (tertiary/aromatic N) is 3. The molecule has 16 heavy (non-hydrogen) atoms. The van der Waals surface area contributed by atoms with Gasteiger partial charge in [-0.25, -0.2) is 0 Å². The first-order chi connectivity index (χ1) is 7.79. The van der Waals surface area contributed by atoms with Crippen LogP contribution in [0.4, 0.5) is 0 Å². The molecule has 0 amide bonds. The van der Waals surface area contributed by atoms with E-state index in [0.717, 1.165) is 45.7 Å². The summed E-state index contributed by atoms with van der Waals surface area (Å²) in [5, 5.41) is 10.7. The molecule has 0 aromatic heterocycles. The molecule has 5 heteroatoms. The van der Waals surface area contributed by atoms with Gasteiger partial charge in [0.2, 0.25) is 0 Å². The van der Waals surface area contributed by atoms with Gasteiger partial charge in [0.05, 0.1) is 6.54 Å². The van der Waals surface area contributed by atoms with Crippen molar-refractivity contribution in [1.29, 1.82) is 0 Å². The molecular formula is C11H21N3OS. The Morgan fingerprint density at radius 2 is 2.12 bits per heavy atom. The normalized spacial score (nSPS) is 27.2. The predicted octanol–water partition coefficient (Wildman–Crippen LogP) is 0.478. The molecule has 2 aliphatic heterocycles. The molecule has 0 spiro atoms. The lowest BCUT2D eigenvalue weighted by Gasteiger charge is -2.35. The first kappa shape index (κ1) is 12.2. The molecule has 1 atom stereocenters. The molecule has 1 fully saturated rings. The van der Waals surface area contributed by atoms with E-state index in [2.05, 4.69) is 21.7 Å². The van der Waals surface area contributed by atoms with Crippen LogP contribution in [0.2, 0.25) is 0 Å². The van der Waals surface area contributed by atoms with E-state index < -0.39 is 0 Å². The minimum atomic E-state index is 0.306. The van der Waals surface area contributed by atoms with Crippen molar-refractivity contribution >= 4 is 16.9 Å². The zero-order valence-electron chi connectivity index (χ0n) is 9.93. The van der Waals surface area contributed by atoms with Crippen molar-refractivity contribution < 1.29 is 5.11 Å². The van der Waals surface area contributed by atoms with Crippen LogP contribution in [0.3, 0.4) is 0 Å².